The lowest BCUT2D eigenvalue weighted by Gasteiger charge is -2.34. The highest BCUT2D eigenvalue weighted by Gasteiger charge is 2.31. The smallest absolute Gasteiger partial charge is 0.317 e. The SMILES string of the molecule is Cc1cc(CNC(=O)N(CC2CC2)C2CCCCC2)c(C)o1. The van der Waals surface area contributed by atoms with Crippen LogP contribution in [0, 0.1) is 19.8 Å². The van der Waals surface area contributed by atoms with E-state index in [1.165, 1.54) is 44.9 Å². The van der Waals surface area contributed by atoms with Gasteiger partial charge in [0.1, 0.15) is 11.5 Å². The molecule has 1 heterocycles. The van der Waals surface area contributed by atoms with E-state index in [0.717, 1.165) is 29.5 Å². The molecule has 22 heavy (non-hydrogen) atoms. The summed E-state index contributed by atoms with van der Waals surface area (Å²) in [6, 6.07) is 2.57. The molecule has 1 aromatic heterocycles. The second kappa shape index (κ2) is 6.76. The summed E-state index contributed by atoms with van der Waals surface area (Å²) in [6.07, 6.45) is 8.77. The minimum atomic E-state index is 0.108. The van der Waals surface area contributed by atoms with Crippen LogP contribution >= 0.6 is 0 Å². The molecule has 0 unspecified atom stereocenters. The lowest BCUT2D eigenvalue weighted by Crippen LogP contribution is -2.47. The largest absolute Gasteiger partial charge is 0.466 e. The van der Waals surface area contributed by atoms with Gasteiger partial charge in [-0.3, -0.25) is 0 Å². The first-order valence-electron chi connectivity index (χ1n) is 8.74. The Labute approximate surface area is 133 Å². The van der Waals surface area contributed by atoms with E-state index in [2.05, 4.69) is 10.2 Å². The maximum absolute atomic E-state index is 12.7. The van der Waals surface area contributed by atoms with Crippen LogP contribution in [0.25, 0.3) is 0 Å². The Morgan fingerprint density at radius 1 is 1.23 bits per heavy atom. The maximum atomic E-state index is 12.7. The Hall–Kier alpha value is -1.45. The van der Waals surface area contributed by atoms with Gasteiger partial charge in [0.05, 0.1) is 0 Å². The number of hydrogen-bond acceptors (Lipinski definition) is 2. The predicted octanol–water partition coefficient (Wildman–Crippen LogP) is 4.15. The number of nitrogens with zero attached hydrogens (tertiary/aromatic N) is 1. The molecule has 122 valence electrons. The zero-order chi connectivity index (χ0) is 15.5. The van der Waals surface area contributed by atoms with E-state index in [1.807, 2.05) is 19.9 Å². The van der Waals surface area contributed by atoms with Crippen molar-refractivity contribution in [2.24, 2.45) is 5.92 Å². The Balaban J connectivity index is 1.59. The fraction of sp³-hybridized carbons (Fsp3) is 0.722. The number of carbonyl (C=O) groups excluding carboxylic acids is 1. The molecule has 0 saturated heterocycles. The molecule has 2 fully saturated rings. The van der Waals surface area contributed by atoms with Crippen LogP contribution in [-0.4, -0.2) is 23.5 Å². The van der Waals surface area contributed by atoms with Crippen LogP contribution in [0.4, 0.5) is 4.79 Å². The topological polar surface area (TPSA) is 45.5 Å². The summed E-state index contributed by atoms with van der Waals surface area (Å²) in [6.45, 7) is 5.41. The van der Waals surface area contributed by atoms with Gasteiger partial charge in [-0.1, -0.05) is 19.3 Å². The Bertz CT molecular complexity index is 513. The molecule has 2 aliphatic rings. The van der Waals surface area contributed by atoms with E-state index in [4.69, 9.17) is 4.42 Å². The fourth-order valence-electron chi connectivity index (χ4n) is 3.50. The summed E-state index contributed by atoms with van der Waals surface area (Å²) >= 11 is 0. The Morgan fingerprint density at radius 3 is 2.55 bits per heavy atom. The van der Waals surface area contributed by atoms with Crippen LogP contribution in [-0.2, 0) is 6.54 Å². The molecule has 1 aromatic rings. The van der Waals surface area contributed by atoms with Crippen LogP contribution in [0.1, 0.15) is 62.0 Å². The summed E-state index contributed by atoms with van der Waals surface area (Å²) in [5.74, 6) is 2.55. The molecule has 4 nitrogen and oxygen atoms in total. The number of furan rings is 1. The van der Waals surface area contributed by atoms with Crippen molar-refractivity contribution in [3.63, 3.8) is 0 Å². The van der Waals surface area contributed by atoms with Crippen molar-refractivity contribution in [3.05, 3.63) is 23.2 Å². The molecule has 2 amide bonds. The second-order valence-electron chi connectivity index (χ2n) is 6.98. The van der Waals surface area contributed by atoms with Gasteiger partial charge in [-0.25, -0.2) is 4.79 Å². The van der Waals surface area contributed by atoms with Gasteiger partial charge in [-0.15, -0.1) is 0 Å². The highest BCUT2D eigenvalue weighted by Crippen LogP contribution is 2.32. The normalized spacial score (nSPS) is 19.2. The van der Waals surface area contributed by atoms with Crippen LogP contribution in [0.3, 0.4) is 0 Å². The molecule has 0 aromatic carbocycles. The zero-order valence-corrected chi connectivity index (χ0v) is 13.9. The first-order chi connectivity index (χ1) is 10.6. The average molecular weight is 304 g/mol. The van der Waals surface area contributed by atoms with E-state index < -0.39 is 0 Å². The van der Waals surface area contributed by atoms with Gasteiger partial charge in [0.2, 0.25) is 0 Å². The Kier molecular flexibility index (Phi) is 4.74. The van der Waals surface area contributed by atoms with E-state index in [0.29, 0.717) is 12.6 Å². The van der Waals surface area contributed by atoms with Gasteiger partial charge in [-0.2, -0.15) is 0 Å². The summed E-state index contributed by atoms with van der Waals surface area (Å²) in [5, 5.41) is 3.11. The molecular formula is C18H28N2O2. The molecule has 0 bridgehead atoms. The van der Waals surface area contributed by atoms with Crippen molar-refractivity contribution in [1.29, 1.82) is 0 Å². The number of rotatable bonds is 5. The molecule has 0 spiro atoms. The third kappa shape index (κ3) is 3.84. The van der Waals surface area contributed by atoms with Gasteiger partial charge in [0, 0.05) is 24.7 Å². The van der Waals surface area contributed by atoms with Gasteiger partial charge in [0.25, 0.3) is 0 Å². The molecule has 0 aliphatic heterocycles. The molecule has 0 radical (unpaired) electrons. The third-order valence-corrected chi connectivity index (χ3v) is 5.00. The molecular weight excluding hydrogens is 276 g/mol. The van der Waals surface area contributed by atoms with Crippen LogP contribution in [0.2, 0.25) is 0 Å². The van der Waals surface area contributed by atoms with Gasteiger partial charge in [-0.05, 0) is 51.5 Å². The minimum Gasteiger partial charge on any atom is -0.466 e. The second-order valence-corrected chi connectivity index (χ2v) is 6.98. The zero-order valence-electron chi connectivity index (χ0n) is 13.9. The van der Waals surface area contributed by atoms with Gasteiger partial charge < -0.3 is 14.6 Å². The van der Waals surface area contributed by atoms with Crippen molar-refractivity contribution in [1.82, 2.24) is 10.2 Å². The molecule has 1 N–H and O–H groups in total. The first-order valence-corrected chi connectivity index (χ1v) is 8.74. The summed E-state index contributed by atoms with van der Waals surface area (Å²) in [5.41, 5.74) is 1.08. The highest BCUT2D eigenvalue weighted by molar-refractivity contribution is 5.74. The molecule has 4 heteroatoms. The van der Waals surface area contributed by atoms with Crippen LogP contribution in [0.15, 0.2) is 10.5 Å². The van der Waals surface area contributed by atoms with Crippen molar-refractivity contribution in [3.8, 4) is 0 Å². The van der Waals surface area contributed by atoms with E-state index in [9.17, 15) is 4.79 Å². The lowest BCUT2D eigenvalue weighted by molar-refractivity contribution is 0.151. The number of amides is 2. The standard InChI is InChI=1S/C18H28N2O2/c1-13-10-16(14(2)22-13)11-19-18(21)20(12-15-8-9-15)17-6-4-3-5-7-17/h10,15,17H,3-9,11-12H2,1-2H3,(H,19,21). The minimum absolute atomic E-state index is 0.108. The van der Waals surface area contributed by atoms with Crippen molar-refractivity contribution in [2.45, 2.75) is 71.4 Å². The van der Waals surface area contributed by atoms with Crippen molar-refractivity contribution >= 4 is 6.03 Å². The van der Waals surface area contributed by atoms with Crippen molar-refractivity contribution in [2.75, 3.05) is 6.54 Å². The van der Waals surface area contributed by atoms with Crippen LogP contribution in [0.5, 0.6) is 0 Å². The fourth-order valence-corrected chi connectivity index (χ4v) is 3.50. The molecule has 2 saturated carbocycles. The summed E-state index contributed by atoms with van der Waals surface area (Å²) in [7, 11) is 0. The molecule has 2 aliphatic carbocycles. The summed E-state index contributed by atoms with van der Waals surface area (Å²) in [4.78, 5) is 14.8. The number of nitrogens with one attached hydrogen (secondary N) is 1. The Morgan fingerprint density at radius 2 is 1.95 bits per heavy atom. The third-order valence-electron chi connectivity index (χ3n) is 5.00. The first kappa shape index (κ1) is 15.4. The predicted molar refractivity (Wildman–Crippen MR) is 86.7 cm³/mol. The number of aryl methyl sites for hydroxylation is 2. The number of carbonyl (C=O) groups is 1. The number of urea groups is 1. The van der Waals surface area contributed by atoms with Gasteiger partial charge >= 0.3 is 6.03 Å². The van der Waals surface area contributed by atoms with Gasteiger partial charge in [0.15, 0.2) is 0 Å². The average Bonchev–Trinajstić information content (AvgIpc) is 3.27. The quantitative estimate of drug-likeness (QED) is 0.888. The molecule has 3 rings (SSSR count). The van der Waals surface area contributed by atoms with Crippen molar-refractivity contribution < 1.29 is 9.21 Å². The number of hydrogen-bond donors (Lipinski definition) is 1. The molecule has 0 atom stereocenters. The lowest BCUT2D eigenvalue weighted by atomic mass is 9.94. The van der Waals surface area contributed by atoms with Crippen LogP contribution < -0.4 is 5.32 Å². The van der Waals surface area contributed by atoms with E-state index >= 15 is 0 Å². The van der Waals surface area contributed by atoms with E-state index in [1.54, 1.807) is 0 Å². The highest BCUT2D eigenvalue weighted by atomic mass is 16.3. The summed E-state index contributed by atoms with van der Waals surface area (Å²) < 4.78 is 5.53. The maximum Gasteiger partial charge on any atom is 0.317 e. The van der Waals surface area contributed by atoms with E-state index in [-0.39, 0.29) is 6.03 Å². The monoisotopic (exact) mass is 304 g/mol.